The smallest absolute Gasteiger partial charge is 0.306 e. The lowest BCUT2D eigenvalue weighted by atomic mass is 10.0. The molecule has 0 spiro atoms. The molecule has 2 aromatic rings. The summed E-state index contributed by atoms with van der Waals surface area (Å²) in [6, 6.07) is 3.18. The van der Waals surface area contributed by atoms with Gasteiger partial charge in [0.2, 0.25) is 5.78 Å². The molecule has 0 radical (unpaired) electrons. The minimum absolute atomic E-state index is 0.0196. The van der Waals surface area contributed by atoms with E-state index in [1.165, 1.54) is 6.07 Å². The van der Waals surface area contributed by atoms with Crippen LogP contribution in [0.15, 0.2) is 18.2 Å². The van der Waals surface area contributed by atoms with Crippen LogP contribution in [0.2, 0.25) is 0 Å². The molecule has 3 heterocycles. The molecule has 2 saturated heterocycles. The van der Waals surface area contributed by atoms with Gasteiger partial charge in [-0.05, 0) is 25.0 Å². The Bertz CT molecular complexity index is 1020. The van der Waals surface area contributed by atoms with Gasteiger partial charge >= 0.3 is 5.97 Å². The molecule has 1 unspecified atom stereocenters. The number of anilines is 2. The molecule has 1 amide bonds. The van der Waals surface area contributed by atoms with Gasteiger partial charge in [-0.15, -0.1) is 0 Å². The molecule has 11 heteroatoms. The zero-order chi connectivity index (χ0) is 22.1. The molecule has 2 aliphatic rings. The van der Waals surface area contributed by atoms with E-state index in [0.717, 1.165) is 23.5 Å². The third kappa shape index (κ3) is 4.36. The first-order valence-corrected chi connectivity index (χ1v) is 10.6. The summed E-state index contributed by atoms with van der Waals surface area (Å²) in [4.78, 5) is 42.0. The average Bonchev–Trinajstić information content (AvgIpc) is 3.33. The summed E-state index contributed by atoms with van der Waals surface area (Å²) in [5.41, 5.74) is 5.16. The summed E-state index contributed by atoms with van der Waals surface area (Å²) < 4.78 is 32.9. The number of amides is 1. The van der Waals surface area contributed by atoms with Crippen LogP contribution < -0.4 is 11.1 Å². The first-order chi connectivity index (χ1) is 14.8. The van der Waals surface area contributed by atoms with Gasteiger partial charge in [0.25, 0.3) is 5.91 Å². The van der Waals surface area contributed by atoms with Crippen molar-refractivity contribution in [1.82, 2.24) is 9.88 Å². The fourth-order valence-corrected chi connectivity index (χ4v) is 4.61. The van der Waals surface area contributed by atoms with Crippen molar-refractivity contribution >= 4 is 39.9 Å². The highest BCUT2D eigenvalue weighted by Gasteiger charge is 2.35. The molecule has 8 nitrogen and oxygen atoms in total. The topological polar surface area (TPSA) is 115 Å². The number of carbonyl (C=O) groups is 3. The van der Waals surface area contributed by atoms with Crippen molar-refractivity contribution in [3.8, 4) is 0 Å². The number of likely N-dealkylation sites (tertiary alicyclic amines) is 1. The van der Waals surface area contributed by atoms with Crippen LogP contribution in [0.25, 0.3) is 0 Å². The minimum Gasteiger partial charge on any atom is -0.452 e. The quantitative estimate of drug-likeness (QED) is 0.531. The van der Waals surface area contributed by atoms with E-state index in [1.54, 1.807) is 4.90 Å². The maximum absolute atomic E-state index is 13.9. The van der Waals surface area contributed by atoms with Crippen molar-refractivity contribution in [2.24, 2.45) is 0 Å². The second-order valence-corrected chi connectivity index (χ2v) is 8.42. The zero-order valence-corrected chi connectivity index (χ0v) is 17.2. The summed E-state index contributed by atoms with van der Waals surface area (Å²) in [7, 11) is 0. The van der Waals surface area contributed by atoms with Crippen molar-refractivity contribution in [3.63, 3.8) is 0 Å². The number of rotatable bonds is 5. The van der Waals surface area contributed by atoms with Gasteiger partial charge in [0.05, 0.1) is 5.56 Å². The third-order valence-corrected chi connectivity index (χ3v) is 6.34. The molecule has 2 fully saturated rings. The van der Waals surface area contributed by atoms with Crippen LogP contribution >= 0.6 is 11.3 Å². The molecule has 2 aliphatic heterocycles. The lowest BCUT2D eigenvalue weighted by Gasteiger charge is -2.33. The Morgan fingerprint density at radius 3 is 2.48 bits per heavy atom. The normalized spacial score (nSPS) is 19.4. The Morgan fingerprint density at radius 1 is 1.19 bits per heavy atom. The number of nitrogen functional groups attached to an aromatic ring is 1. The van der Waals surface area contributed by atoms with E-state index >= 15 is 0 Å². The number of benzene rings is 1. The fraction of sp³-hybridized carbons (Fsp3) is 0.400. The van der Waals surface area contributed by atoms with Crippen LogP contribution in [0.5, 0.6) is 0 Å². The second-order valence-electron chi connectivity index (χ2n) is 7.42. The van der Waals surface area contributed by atoms with Crippen molar-refractivity contribution < 1.29 is 27.9 Å². The van der Waals surface area contributed by atoms with Gasteiger partial charge in [0, 0.05) is 32.0 Å². The number of halogens is 2. The molecule has 4 rings (SSSR count). The Balaban J connectivity index is 1.38. The summed E-state index contributed by atoms with van der Waals surface area (Å²) in [5, 5.41) is 3.55. The Kier molecular flexibility index (Phi) is 5.86. The van der Waals surface area contributed by atoms with E-state index in [1.807, 2.05) is 0 Å². The van der Waals surface area contributed by atoms with Crippen LogP contribution in [0, 0.1) is 11.6 Å². The predicted molar refractivity (Wildman–Crippen MR) is 109 cm³/mol. The maximum atomic E-state index is 13.9. The van der Waals surface area contributed by atoms with Gasteiger partial charge in [-0.1, -0.05) is 17.4 Å². The molecular formula is C20H20F2N4O4S. The van der Waals surface area contributed by atoms with Crippen molar-refractivity contribution in [3.05, 3.63) is 40.3 Å². The summed E-state index contributed by atoms with van der Waals surface area (Å²) >= 11 is 0.933. The van der Waals surface area contributed by atoms with E-state index in [2.05, 4.69) is 10.3 Å². The highest BCUT2D eigenvalue weighted by Crippen LogP contribution is 2.30. The van der Waals surface area contributed by atoms with Crippen molar-refractivity contribution in [1.29, 1.82) is 0 Å². The van der Waals surface area contributed by atoms with E-state index in [-0.39, 0.29) is 35.0 Å². The first-order valence-electron chi connectivity index (χ1n) is 9.83. The van der Waals surface area contributed by atoms with Crippen LogP contribution in [0.1, 0.15) is 40.9 Å². The highest BCUT2D eigenvalue weighted by atomic mass is 32.1. The van der Waals surface area contributed by atoms with Crippen LogP contribution in [-0.2, 0) is 14.3 Å². The number of nitrogens with one attached hydrogen (secondary N) is 1. The van der Waals surface area contributed by atoms with Crippen molar-refractivity contribution in [2.75, 3.05) is 24.1 Å². The first kappa shape index (κ1) is 21.2. The molecule has 0 saturated carbocycles. The molecule has 1 aromatic carbocycles. The number of aromatic nitrogens is 1. The monoisotopic (exact) mass is 450 g/mol. The maximum Gasteiger partial charge on any atom is 0.306 e. The van der Waals surface area contributed by atoms with Crippen LogP contribution in [0.3, 0.4) is 0 Å². The second kappa shape index (κ2) is 8.58. The van der Waals surface area contributed by atoms with E-state index in [4.69, 9.17) is 10.5 Å². The summed E-state index contributed by atoms with van der Waals surface area (Å²) in [6.07, 6.45) is 1.22. The number of esters is 1. The summed E-state index contributed by atoms with van der Waals surface area (Å²) in [6.45, 7) is 0.968. The molecule has 1 atom stereocenters. The van der Waals surface area contributed by atoms with Crippen LogP contribution in [-0.4, -0.2) is 52.8 Å². The van der Waals surface area contributed by atoms with Gasteiger partial charge < -0.3 is 20.7 Å². The highest BCUT2D eigenvalue weighted by molar-refractivity contribution is 7.18. The van der Waals surface area contributed by atoms with Gasteiger partial charge in [-0.3, -0.25) is 14.4 Å². The SMILES string of the molecule is Nc1nc(NC2CCN(C(=O)C3CCC(=O)O3)CC2)sc1C(=O)c1c(F)cccc1F. The molecule has 31 heavy (non-hydrogen) atoms. The number of ether oxygens (including phenoxy) is 1. The van der Waals surface area contributed by atoms with Gasteiger partial charge in [-0.2, -0.15) is 0 Å². The van der Waals surface area contributed by atoms with Gasteiger partial charge in [-0.25, -0.2) is 13.8 Å². The molecule has 0 bridgehead atoms. The molecular weight excluding hydrogens is 430 g/mol. The molecule has 1 aromatic heterocycles. The van der Waals surface area contributed by atoms with Crippen molar-refractivity contribution in [2.45, 2.75) is 37.8 Å². The number of cyclic esters (lactones) is 1. The Morgan fingerprint density at radius 2 is 1.87 bits per heavy atom. The number of carbonyl (C=O) groups excluding carboxylic acids is 3. The van der Waals surface area contributed by atoms with Gasteiger partial charge in [0.1, 0.15) is 22.3 Å². The minimum atomic E-state index is -0.961. The predicted octanol–water partition coefficient (Wildman–Crippen LogP) is 2.34. The van der Waals surface area contributed by atoms with E-state index < -0.39 is 29.1 Å². The number of hydrogen-bond donors (Lipinski definition) is 2. The Hall–Kier alpha value is -3.08. The van der Waals surface area contributed by atoms with Gasteiger partial charge in [0.15, 0.2) is 11.2 Å². The number of hydrogen-bond acceptors (Lipinski definition) is 8. The number of ketones is 1. The molecule has 0 aliphatic carbocycles. The number of nitrogens with two attached hydrogens (primary N) is 1. The standard InChI is InChI=1S/C20H20F2N4O4S/c21-11-2-1-3-12(22)15(11)16(28)17-18(23)25-20(31-17)24-10-6-8-26(9-7-10)19(29)13-4-5-14(27)30-13/h1-3,10,13H,4-9,23H2,(H,24,25). The lowest BCUT2D eigenvalue weighted by Crippen LogP contribution is -2.46. The van der Waals surface area contributed by atoms with Crippen LogP contribution in [0.4, 0.5) is 19.7 Å². The lowest BCUT2D eigenvalue weighted by molar-refractivity contribution is -0.153. The fourth-order valence-electron chi connectivity index (χ4n) is 3.71. The number of piperidine rings is 1. The molecule has 3 N–H and O–H groups in total. The third-order valence-electron chi connectivity index (χ3n) is 5.34. The largest absolute Gasteiger partial charge is 0.452 e. The average molecular weight is 450 g/mol. The Labute approximate surface area is 180 Å². The molecule has 164 valence electrons. The number of nitrogens with zero attached hydrogens (tertiary/aromatic N) is 2. The van der Waals surface area contributed by atoms with E-state index in [0.29, 0.717) is 37.5 Å². The number of thiazole rings is 1. The zero-order valence-electron chi connectivity index (χ0n) is 16.4. The van der Waals surface area contributed by atoms with E-state index in [9.17, 15) is 23.2 Å². The summed E-state index contributed by atoms with van der Waals surface area (Å²) in [5.74, 6) is -3.41.